The van der Waals surface area contributed by atoms with E-state index in [1.54, 1.807) is 5.57 Å². The van der Waals surface area contributed by atoms with E-state index in [0.717, 1.165) is 13.2 Å². The van der Waals surface area contributed by atoms with Gasteiger partial charge in [-0.15, -0.1) is 0 Å². The molecule has 0 aromatic carbocycles. The van der Waals surface area contributed by atoms with Crippen LogP contribution in [-0.2, 0) is 4.74 Å². The number of fused-ring (bicyclic) bond motifs is 1. The third-order valence-electron chi connectivity index (χ3n) is 3.34. The first-order valence-corrected chi connectivity index (χ1v) is 4.82. The lowest BCUT2D eigenvalue weighted by molar-refractivity contribution is 0.147. The normalized spacial score (nSPS) is 39.1. The number of hydrogen-bond acceptors (Lipinski definition) is 1. The van der Waals surface area contributed by atoms with Crippen molar-refractivity contribution in [3.05, 3.63) is 11.6 Å². The van der Waals surface area contributed by atoms with E-state index in [9.17, 15) is 0 Å². The van der Waals surface area contributed by atoms with Crippen LogP contribution >= 0.6 is 0 Å². The minimum absolute atomic E-state index is 0.384. The lowest BCUT2D eigenvalue weighted by atomic mass is 9.68. The molecule has 0 aromatic heterocycles. The maximum Gasteiger partial charge on any atom is 0.0683 e. The fourth-order valence-electron chi connectivity index (χ4n) is 2.24. The van der Waals surface area contributed by atoms with Gasteiger partial charge >= 0.3 is 0 Å². The molecule has 1 aliphatic heterocycles. The van der Waals surface area contributed by atoms with Crippen LogP contribution in [-0.4, -0.2) is 13.2 Å². The predicted octanol–water partition coefficient (Wildman–Crippen LogP) is 2.77. The summed E-state index contributed by atoms with van der Waals surface area (Å²) in [7, 11) is 0. The monoisotopic (exact) mass is 166 g/mol. The number of rotatable bonds is 0. The average Bonchev–Trinajstić information content (AvgIpc) is 2.30. The first-order chi connectivity index (χ1) is 5.52. The van der Waals surface area contributed by atoms with Gasteiger partial charge in [-0.05, 0) is 23.8 Å². The van der Waals surface area contributed by atoms with Crippen LogP contribution < -0.4 is 0 Å². The summed E-state index contributed by atoms with van der Waals surface area (Å²) >= 11 is 0. The SMILES string of the molecule is CC1(C)C=C2COCC2(C)CC1. The zero-order chi connectivity index (χ0) is 8.82. The number of hydrogen-bond donors (Lipinski definition) is 0. The Morgan fingerprint density at radius 3 is 2.75 bits per heavy atom. The van der Waals surface area contributed by atoms with E-state index >= 15 is 0 Å². The van der Waals surface area contributed by atoms with Gasteiger partial charge in [0.05, 0.1) is 13.2 Å². The van der Waals surface area contributed by atoms with Crippen LogP contribution in [0, 0.1) is 10.8 Å². The Hall–Kier alpha value is -0.300. The summed E-state index contributed by atoms with van der Waals surface area (Å²) in [5.74, 6) is 0. The molecular weight excluding hydrogens is 148 g/mol. The molecule has 0 radical (unpaired) electrons. The van der Waals surface area contributed by atoms with Crippen molar-refractivity contribution in [2.45, 2.75) is 33.6 Å². The molecule has 1 heterocycles. The van der Waals surface area contributed by atoms with Crippen molar-refractivity contribution < 1.29 is 4.74 Å². The topological polar surface area (TPSA) is 9.23 Å². The van der Waals surface area contributed by atoms with E-state index in [0.29, 0.717) is 10.8 Å². The molecule has 0 N–H and O–H groups in total. The molecule has 12 heavy (non-hydrogen) atoms. The Morgan fingerprint density at radius 2 is 2.00 bits per heavy atom. The minimum Gasteiger partial charge on any atom is -0.376 e. The quantitative estimate of drug-likeness (QED) is 0.503. The van der Waals surface area contributed by atoms with Crippen molar-refractivity contribution in [2.24, 2.45) is 10.8 Å². The highest BCUT2D eigenvalue weighted by molar-refractivity contribution is 5.23. The number of ether oxygens (including phenoxy) is 1. The maximum atomic E-state index is 5.52. The van der Waals surface area contributed by atoms with Gasteiger partial charge in [-0.25, -0.2) is 0 Å². The van der Waals surface area contributed by atoms with Gasteiger partial charge in [-0.3, -0.25) is 0 Å². The summed E-state index contributed by atoms with van der Waals surface area (Å²) in [4.78, 5) is 0. The zero-order valence-corrected chi connectivity index (χ0v) is 8.31. The van der Waals surface area contributed by atoms with Gasteiger partial charge in [0.15, 0.2) is 0 Å². The molecule has 1 fully saturated rings. The van der Waals surface area contributed by atoms with Crippen LogP contribution in [0.4, 0.5) is 0 Å². The molecule has 2 aliphatic rings. The summed E-state index contributed by atoms with van der Waals surface area (Å²) in [6.07, 6.45) is 5.03. The molecule has 1 heteroatoms. The standard InChI is InChI=1S/C11H18O/c1-10(2)4-5-11(3)8-12-7-9(11)6-10/h6H,4-5,7-8H2,1-3H3. The van der Waals surface area contributed by atoms with Crippen molar-refractivity contribution in [1.29, 1.82) is 0 Å². The summed E-state index contributed by atoms with van der Waals surface area (Å²) in [5, 5.41) is 0. The summed E-state index contributed by atoms with van der Waals surface area (Å²) in [5.41, 5.74) is 2.33. The Bertz CT molecular complexity index is 227. The van der Waals surface area contributed by atoms with Gasteiger partial charge < -0.3 is 4.74 Å². The average molecular weight is 166 g/mol. The van der Waals surface area contributed by atoms with Crippen molar-refractivity contribution >= 4 is 0 Å². The van der Waals surface area contributed by atoms with Crippen molar-refractivity contribution in [1.82, 2.24) is 0 Å². The van der Waals surface area contributed by atoms with Gasteiger partial charge in [0.2, 0.25) is 0 Å². The Kier molecular flexibility index (Phi) is 1.63. The van der Waals surface area contributed by atoms with Gasteiger partial charge in [0.25, 0.3) is 0 Å². The van der Waals surface area contributed by atoms with Gasteiger partial charge in [0, 0.05) is 5.41 Å². The Labute approximate surface area is 74.8 Å². The summed E-state index contributed by atoms with van der Waals surface area (Å²) in [6.45, 7) is 8.78. The zero-order valence-electron chi connectivity index (χ0n) is 8.31. The highest BCUT2D eigenvalue weighted by atomic mass is 16.5. The van der Waals surface area contributed by atoms with E-state index in [2.05, 4.69) is 26.8 Å². The van der Waals surface area contributed by atoms with Crippen molar-refractivity contribution in [3.8, 4) is 0 Å². The predicted molar refractivity (Wildman–Crippen MR) is 50.0 cm³/mol. The van der Waals surface area contributed by atoms with E-state index in [4.69, 9.17) is 4.74 Å². The largest absolute Gasteiger partial charge is 0.376 e. The first kappa shape index (κ1) is 8.31. The molecule has 0 bridgehead atoms. The van der Waals surface area contributed by atoms with E-state index in [1.807, 2.05) is 0 Å². The van der Waals surface area contributed by atoms with Crippen LogP contribution in [0.3, 0.4) is 0 Å². The Balaban J connectivity index is 2.32. The molecule has 1 aliphatic carbocycles. The van der Waals surface area contributed by atoms with E-state index < -0.39 is 0 Å². The molecule has 1 unspecified atom stereocenters. The molecule has 1 nitrogen and oxygen atoms in total. The van der Waals surface area contributed by atoms with Gasteiger partial charge in [-0.2, -0.15) is 0 Å². The van der Waals surface area contributed by atoms with Crippen LogP contribution in [0.1, 0.15) is 33.6 Å². The van der Waals surface area contributed by atoms with Gasteiger partial charge in [0.1, 0.15) is 0 Å². The van der Waals surface area contributed by atoms with Crippen molar-refractivity contribution in [3.63, 3.8) is 0 Å². The minimum atomic E-state index is 0.384. The molecule has 68 valence electrons. The molecule has 0 amide bonds. The lowest BCUT2D eigenvalue weighted by Gasteiger charge is -2.35. The molecular formula is C11H18O. The van der Waals surface area contributed by atoms with Crippen molar-refractivity contribution in [2.75, 3.05) is 13.2 Å². The van der Waals surface area contributed by atoms with Crippen LogP contribution in [0.2, 0.25) is 0 Å². The summed E-state index contributed by atoms with van der Waals surface area (Å²) in [6, 6.07) is 0. The third kappa shape index (κ3) is 1.20. The summed E-state index contributed by atoms with van der Waals surface area (Å²) < 4.78 is 5.52. The smallest absolute Gasteiger partial charge is 0.0683 e. The molecule has 1 atom stereocenters. The van der Waals surface area contributed by atoms with Crippen LogP contribution in [0.25, 0.3) is 0 Å². The van der Waals surface area contributed by atoms with Crippen LogP contribution in [0.15, 0.2) is 11.6 Å². The highest BCUT2D eigenvalue weighted by Gasteiger charge is 2.40. The lowest BCUT2D eigenvalue weighted by Crippen LogP contribution is -2.27. The molecule has 0 aromatic rings. The fraction of sp³-hybridized carbons (Fsp3) is 0.818. The molecule has 2 rings (SSSR count). The molecule has 0 spiro atoms. The second-order valence-corrected chi connectivity index (χ2v) is 5.21. The number of allylic oxidation sites excluding steroid dienone is 1. The Morgan fingerprint density at radius 1 is 1.25 bits per heavy atom. The van der Waals surface area contributed by atoms with E-state index in [1.165, 1.54) is 12.8 Å². The first-order valence-electron chi connectivity index (χ1n) is 4.82. The fourth-order valence-corrected chi connectivity index (χ4v) is 2.24. The van der Waals surface area contributed by atoms with Crippen LogP contribution in [0.5, 0.6) is 0 Å². The molecule has 1 saturated heterocycles. The second-order valence-electron chi connectivity index (χ2n) is 5.21. The highest BCUT2D eigenvalue weighted by Crippen LogP contribution is 2.47. The molecule has 0 saturated carbocycles. The van der Waals surface area contributed by atoms with E-state index in [-0.39, 0.29) is 0 Å². The maximum absolute atomic E-state index is 5.52. The third-order valence-corrected chi connectivity index (χ3v) is 3.34. The second kappa shape index (κ2) is 2.35. The van der Waals surface area contributed by atoms with Gasteiger partial charge in [-0.1, -0.05) is 26.8 Å².